The molecule has 0 amide bonds. The van der Waals surface area contributed by atoms with Crippen molar-refractivity contribution in [1.82, 2.24) is 0 Å². The number of nitrogens with zero attached hydrogens (tertiary/aromatic N) is 2. The van der Waals surface area contributed by atoms with Crippen LogP contribution in [0.15, 0.2) is 26.1 Å². The van der Waals surface area contributed by atoms with Gasteiger partial charge in [-0.25, -0.2) is 0 Å². The molecule has 2 N–H and O–H groups in total. The van der Waals surface area contributed by atoms with Crippen LogP contribution in [0.4, 0.5) is 17.1 Å². The van der Waals surface area contributed by atoms with E-state index in [4.69, 9.17) is 0 Å². The number of hydrogen-bond acceptors (Lipinski definition) is 4. The van der Waals surface area contributed by atoms with Crippen LogP contribution in [0.25, 0.3) is 0 Å². The molecule has 0 bridgehead atoms. The summed E-state index contributed by atoms with van der Waals surface area (Å²) in [5, 5.41) is 13.2. The van der Waals surface area contributed by atoms with E-state index in [1.54, 1.807) is 0 Å². The first-order valence-electron chi connectivity index (χ1n) is 5.75. The van der Waals surface area contributed by atoms with Crippen LogP contribution < -0.4 is 5.32 Å². The standard InChI is InChI=1S/C12H15N3OSe/c1-12(2)9(6-10(12)16)13-7-4-3-5-8-11(7)15-17-14-8/h3-5,9-10,13,16H,6H2,1-2H3. The molecule has 1 fully saturated rings. The minimum atomic E-state index is -0.206. The molecule has 1 saturated carbocycles. The van der Waals surface area contributed by atoms with E-state index in [2.05, 4.69) is 27.1 Å². The molecule has 2 unspecified atom stereocenters. The number of nitrogens with one attached hydrogen (secondary N) is 1. The summed E-state index contributed by atoms with van der Waals surface area (Å²) in [5.41, 5.74) is 2.97. The van der Waals surface area contributed by atoms with Gasteiger partial charge in [0, 0.05) is 0 Å². The number of aliphatic hydroxyl groups excluding tert-OH is 1. The van der Waals surface area contributed by atoms with E-state index in [0.29, 0.717) is 6.04 Å². The predicted molar refractivity (Wildman–Crippen MR) is 68.2 cm³/mol. The van der Waals surface area contributed by atoms with E-state index in [-0.39, 0.29) is 26.1 Å². The Kier molecular flexibility index (Phi) is 2.51. The monoisotopic (exact) mass is 297 g/mol. The average molecular weight is 296 g/mol. The molecule has 0 radical (unpaired) electrons. The number of rotatable bonds is 2. The minimum absolute atomic E-state index is 0.00869. The third-order valence-corrected chi connectivity index (χ3v) is 4.97. The van der Waals surface area contributed by atoms with Gasteiger partial charge in [-0.1, -0.05) is 0 Å². The summed E-state index contributed by atoms with van der Waals surface area (Å²) >= 11 is 0.00869. The van der Waals surface area contributed by atoms with Crippen molar-refractivity contribution in [2.24, 2.45) is 13.3 Å². The SMILES string of the molecule is CC1(C)C(O)CC1Nc1cccc2c1N=[Se]=N2. The van der Waals surface area contributed by atoms with Gasteiger partial charge in [-0.3, -0.25) is 0 Å². The molecule has 0 spiro atoms. The van der Waals surface area contributed by atoms with Crippen LogP contribution in [-0.4, -0.2) is 31.8 Å². The Morgan fingerprint density at radius 2 is 2.24 bits per heavy atom. The van der Waals surface area contributed by atoms with E-state index in [1.165, 1.54) is 0 Å². The topological polar surface area (TPSA) is 57.0 Å². The van der Waals surface area contributed by atoms with Gasteiger partial charge < -0.3 is 0 Å². The third kappa shape index (κ3) is 1.69. The van der Waals surface area contributed by atoms with Gasteiger partial charge >= 0.3 is 106 Å². The van der Waals surface area contributed by atoms with Crippen LogP contribution in [0.2, 0.25) is 0 Å². The molecule has 90 valence electrons. The maximum atomic E-state index is 9.74. The van der Waals surface area contributed by atoms with Crippen LogP contribution in [0.1, 0.15) is 20.3 Å². The van der Waals surface area contributed by atoms with Crippen LogP contribution >= 0.6 is 0 Å². The van der Waals surface area contributed by atoms with Crippen LogP contribution in [-0.2, 0) is 0 Å². The van der Waals surface area contributed by atoms with Crippen LogP contribution in [0.3, 0.4) is 0 Å². The summed E-state index contributed by atoms with van der Waals surface area (Å²) in [7, 11) is 0. The third-order valence-electron chi connectivity index (χ3n) is 3.83. The summed E-state index contributed by atoms with van der Waals surface area (Å²) in [6, 6.07) is 6.36. The zero-order valence-electron chi connectivity index (χ0n) is 9.84. The van der Waals surface area contributed by atoms with Crippen molar-refractivity contribution in [3.05, 3.63) is 18.2 Å². The van der Waals surface area contributed by atoms with Crippen LogP contribution in [0, 0.1) is 5.41 Å². The molecule has 5 heteroatoms. The summed E-state index contributed by atoms with van der Waals surface area (Å²) in [4.78, 5) is 0. The molecule has 4 nitrogen and oxygen atoms in total. The van der Waals surface area contributed by atoms with Gasteiger partial charge in [0.25, 0.3) is 0 Å². The van der Waals surface area contributed by atoms with Crippen molar-refractivity contribution in [3.63, 3.8) is 0 Å². The first-order valence-corrected chi connectivity index (χ1v) is 7.28. The first kappa shape index (κ1) is 11.2. The van der Waals surface area contributed by atoms with E-state index in [0.717, 1.165) is 23.5 Å². The Morgan fingerprint density at radius 3 is 2.94 bits per heavy atom. The summed E-state index contributed by atoms with van der Waals surface area (Å²) in [5.74, 6) is 0. The Bertz CT molecular complexity index is 535. The molecule has 3 rings (SSSR count). The van der Waals surface area contributed by atoms with E-state index < -0.39 is 0 Å². The fourth-order valence-electron chi connectivity index (χ4n) is 2.26. The van der Waals surface area contributed by atoms with Gasteiger partial charge in [-0.15, -0.1) is 0 Å². The Hall–Kier alpha value is -0.901. The zero-order chi connectivity index (χ0) is 12.0. The van der Waals surface area contributed by atoms with Crippen molar-refractivity contribution >= 4 is 31.6 Å². The van der Waals surface area contributed by atoms with Crippen molar-refractivity contribution in [2.45, 2.75) is 32.4 Å². The first-order chi connectivity index (χ1) is 8.09. The van der Waals surface area contributed by atoms with Crippen molar-refractivity contribution in [2.75, 3.05) is 5.32 Å². The normalized spacial score (nSPS) is 28.2. The molecule has 1 aromatic rings. The summed E-state index contributed by atoms with van der Waals surface area (Å²) < 4.78 is 8.82. The fraction of sp³-hybridized carbons (Fsp3) is 0.500. The number of hydrogen-bond donors (Lipinski definition) is 2. The van der Waals surface area contributed by atoms with Crippen molar-refractivity contribution < 1.29 is 5.11 Å². The van der Waals surface area contributed by atoms with Gasteiger partial charge in [0.15, 0.2) is 0 Å². The molecule has 2 atom stereocenters. The molecule has 1 aliphatic heterocycles. The van der Waals surface area contributed by atoms with Gasteiger partial charge in [0.1, 0.15) is 0 Å². The number of benzene rings is 1. The predicted octanol–water partition coefficient (Wildman–Crippen LogP) is 2.61. The molecular formula is C12H15N3OSe. The molecule has 1 heterocycles. The Balaban J connectivity index is 1.84. The molecule has 0 aromatic heterocycles. The second-order valence-corrected chi connectivity index (χ2v) is 6.32. The van der Waals surface area contributed by atoms with Crippen LogP contribution in [0.5, 0.6) is 0 Å². The number of fused-ring (bicyclic) bond motifs is 1. The van der Waals surface area contributed by atoms with Gasteiger partial charge in [-0.2, -0.15) is 0 Å². The van der Waals surface area contributed by atoms with E-state index >= 15 is 0 Å². The zero-order valence-corrected chi connectivity index (χ0v) is 11.6. The Morgan fingerprint density at radius 1 is 1.41 bits per heavy atom. The summed E-state index contributed by atoms with van der Waals surface area (Å²) in [6.45, 7) is 4.18. The quantitative estimate of drug-likeness (QED) is 0.837. The van der Waals surface area contributed by atoms with Gasteiger partial charge in [0.2, 0.25) is 0 Å². The fourth-order valence-corrected chi connectivity index (χ4v) is 3.41. The van der Waals surface area contributed by atoms with Crippen molar-refractivity contribution in [3.8, 4) is 0 Å². The second kappa shape index (κ2) is 3.80. The maximum absolute atomic E-state index is 9.74. The van der Waals surface area contributed by atoms with Gasteiger partial charge in [-0.05, 0) is 0 Å². The van der Waals surface area contributed by atoms with Crippen molar-refractivity contribution in [1.29, 1.82) is 0 Å². The summed E-state index contributed by atoms with van der Waals surface area (Å²) in [6.07, 6.45) is 0.599. The van der Waals surface area contributed by atoms with E-state index in [1.807, 2.05) is 18.2 Å². The molecular weight excluding hydrogens is 281 g/mol. The van der Waals surface area contributed by atoms with E-state index in [9.17, 15) is 5.11 Å². The molecule has 0 saturated heterocycles. The average Bonchev–Trinajstić information content (AvgIpc) is 2.77. The molecule has 1 aromatic carbocycles. The Labute approximate surface area is 106 Å². The molecule has 17 heavy (non-hydrogen) atoms. The molecule has 1 aliphatic carbocycles. The molecule has 2 aliphatic rings. The number of anilines is 1. The second-order valence-electron chi connectivity index (χ2n) is 5.21. The van der Waals surface area contributed by atoms with Gasteiger partial charge in [0.05, 0.1) is 0 Å². The number of aliphatic hydroxyl groups is 1.